The summed E-state index contributed by atoms with van der Waals surface area (Å²) in [4.78, 5) is 20.2. The van der Waals surface area contributed by atoms with Gasteiger partial charge in [0, 0.05) is 20.2 Å². The van der Waals surface area contributed by atoms with Crippen molar-refractivity contribution in [2.24, 2.45) is 5.92 Å². The second kappa shape index (κ2) is 12.3. The first-order chi connectivity index (χ1) is 16.7. The Balaban J connectivity index is 0.000000271. The minimum Gasteiger partial charge on any atom is -0.475 e. The maximum absolute atomic E-state index is 10.6. The Morgan fingerprint density at radius 3 is 2.17 bits per heavy atom. The number of methoxy groups -OCH3 is 1. The predicted molar refractivity (Wildman–Crippen MR) is 110 cm³/mol. The monoisotopic (exact) mass is 529 g/mol. The number of hydrogen-bond acceptors (Lipinski definition) is 6. The average Bonchev–Trinajstić information content (AvgIpc) is 3.26. The molecular formula is C21H25F6N3O6. The first-order valence-corrected chi connectivity index (χ1v) is 10.6. The Morgan fingerprint density at radius 2 is 1.72 bits per heavy atom. The van der Waals surface area contributed by atoms with Crippen molar-refractivity contribution < 1.29 is 55.3 Å². The Bertz CT molecular complexity index is 961. The fraction of sp³-hybridized carbons (Fsp3) is 0.571. The van der Waals surface area contributed by atoms with E-state index in [1.807, 2.05) is 12.1 Å². The van der Waals surface area contributed by atoms with Gasteiger partial charge in [-0.25, -0.2) is 9.59 Å². The number of aliphatic carboxylic acids is 2. The summed E-state index contributed by atoms with van der Waals surface area (Å²) in [5, 5.41) is 18.9. The molecule has 0 spiro atoms. The summed E-state index contributed by atoms with van der Waals surface area (Å²) in [6.45, 7) is 3.61. The average molecular weight is 529 g/mol. The molecule has 1 fully saturated rings. The summed E-state index contributed by atoms with van der Waals surface area (Å²) in [7, 11) is 1.78. The van der Waals surface area contributed by atoms with E-state index in [2.05, 4.69) is 20.9 Å². The molecular weight excluding hydrogens is 504 g/mol. The number of halogens is 6. The van der Waals surface area contributed by atoms with Gasteiger partial charge in [0.15, 0.2) is 0 Å². The summed E-state index contributed by atoms with van der Waals surface area (Å²) < 4.78 is 76.8. The van der Waals surface area contributed by atoms with Crippen molar-refractivity contribution in [2.75, 3.05) is 20.3 Å². The van der Waals surface area contributed by atoms with Crippen LogP contribution in [0.15, 0.2) is 29.0 Å². The third kappa shape index (κ3) is 8.86. The third-order valence-corrected chi connectivity index (χ3v) is 5.26. The minimum atomic E-state index is -5.08. The van der Waals surface area contributed by atoms with E-state index in [9.17, 15) is 26.3 Å². The molecule has 2 aliphatic rings. The van der Waals surface area contributed by atoms with Crippen molar-refractivity contribution in [3.8, 4) is 0 Å². The number of fused-ring (bicyclic) bond motifs is 1. The number of aromatic nitrogens is 2. The first-order valence-electron chi connectivity index (χ1n) is 10.6. The first kappa shape index (κ1) is 29.2. The highest BCUT2D eigenvalue weighted by Crippen LogP contribution is 2.35. The molecule has 1 unspecified atom stereocenters. The number of rotatable bonds is 6. The van der Waals surface area contributed by atoms with E-state index in [4.69, 9.17) is 29.0 Å². The van der Waals surface area contributed by atoms with Crippen LogP contribution in [0.3, 0.4) is 0 Å². The fourth-order valence-electron chi connectivity index (χ4n) is 3.43. The molecule has 0 bridgehead atoms. The lowest BCUT2D eigenvalue weighted by atomic mass is 10.00. The van der Waals surface area contributed by atoms with Crippen molar-refractivity contribution >= 4 is 11.9 Å². The smallest absolute Gasteiger partial charge is 0.475 e. The molecule has 1 atom stereocenters. The molecule has 36 heavy (non-hydrogen) atoms. The Hall–Kier alpha value is -3.07. The van der Waals surface area contributed by atoms with Crippen LogP contribution in [0.1, 0.15) is 35.9 Å². The molecule has 2 N–H and O–H groups in total. The molecule has 2 aromatic rings. The van der Waals surface area contributed by atoms with Crippen molar-refractivity contribution in [1.29, 1.82) is 0 Å². The second-order valence-electron chi connectivity index (χ2n) is 8.06. The molecule has 3 heterocycles. The van der Waals surface area contributed by atoms with Crippen LogP contribution in [0.2, 0.25) is 0 Å². The summed E-state index contributed by atoms with van der Waals surface area (Å²) in [6, 6.07) is 4.26. The van der Waals surface area contributed by atoms with E-state index in [0.29, 0.717) is 6.61 Å². The molecule has 0 aromatic carbocycles. The number of carboxylic acid groups (broad SMARTS) is 2. The van der Waals surface area contributed by atoms with E-state index in [1.165, 1.54) is 24.1 Å². The maximum atomic E-state index is 10.6. The van der Waals surface area contributed by atoms with Crippen molar-refractivity contribution in [3.05, 3.63) is 41.6 Å². The topological polar surface area (TPSA) is 118 Å². The summed E-state index contributed by atoms with van der Waals surface area (Å²) in [5.41, 5.74) is 2.74. The van der Waals surface area contributed by atoms with Crippen LogP contribution in [0.4, 0.5) is 26.3 Å². The Morgan fingerprint density at radius 1 is 1.14 bits per heavy atom. The van der Waals surface area contributed by atoms with E-state index in [1.54, 1.807) is 13.4 Å². The summed E-state index contributed by atoms with van der Waals surface area (Å²) in [5.74, 6) is -3.68. The molecule has 1 aliphatic heterocycles. The SMILES string of the molecule is COCC1c2c(cnn2CC2CC2)CCN1Cc1ccco1.O=C(O)C(F)(F)F.O=C(O)C(F)(F)F. The second-order valence-corrected chi connectivity index (χ2v) is 8.06. The van der Waals surface area contributed by atoms with Crippen LogP contribution in [0.25, 0.3) is 0 Å². The highest BCUT2D eigenvalue weighted by molar-refractivity contribution is 5.73. The van der Waals surface area contributed by atoms with Crippen LogP contribution >= 0.6 is 0 Å². The highest BCUT2D eigenvalue weighted by atomic mass is 19.4. The zero-order chi connectivity index (χ0) is 27.1. The van der Waals surface area contributed by atoms with Crippen molar-refractivity contribution in [2.45, 2.75) is 50.7 Å². The minimum absolute atomic E-state index is 0.264. The number of ether oxygens (including phenoxy) is 1. The van der Waals surface area contributed by atoms with Crippen LogP contribution < -0.4 is 0 Å². The Labute approximate surface area is 201 Å². The predicted octanol–water partition coefficient (Wildman–Crippen LogP) is 3.90. The van der Waals surface area contributed by atoms with Crippen molar-refractivity contribution in [1.82, 2.24) is 14.7 Å². The molecule has 0 radical (unpaired) electrons. The largest absolute Gasteiger partial charge is 0.490 e. The van der Waals surface area contributed by atoms with E-state index < -0.39 is 24.3 Å². The molecule has 15 heteroatoms. The van der Waals surface area contributed by atoms with E-state index >= 15 is 0 Å². The number of furan rings is 1. The van der Waals surface area contributed by atoms with E-state index in [0.717, 1.165) is 37.7 Å². The van der Waals surface area contributed by atoms with Crippen LogP contribution in [0.5, 0.6) is 0 Å². The van der Waals surface area contributed by atoms with Crippen LogP contribution in [0, 0.1) is 5.92 Å². The van der Waals surface area contributed by atoms with Crippen LogP contribution in [-0.2, 0) is 33.8 Å². The van der Waals surface area contributed by atoms with Gasteiger partial charge in [-0.2, -0.15) is 31.4 Å². The molecule has 4 rings (SSSR count). The summed E-state index contributed by atoms with van der Waals surface area (Å²) in [6.07, 6.45) is -2.61. The van der Waals surface area contributed by atoms with Gasteiger partial charge < -0.3 is 19.4 Å². The molecule has 0 amide bonds. The van der Waals surface area contributed by atoms with E-state index in [-0.39, 0.29) is 6.04 Å². The standard InChI is InChI=1S/C17H23N3O2.2C2HF3O2/c1-21-12-16-17-14(9-18-20(17)10-13-4-5-13)6-7-19(16)11-15-3-2-8-22-15;2*3-2(4,5)1(6)7/h2-3,8-9,13,16H,4-7,10-12H2,1H3;2*(H,6,7). The van der Waals surface area contributed by atoms with Gasteiger partial charge in [-0.15, -0.1) is 0 Å². The lowest BCUT2D eigenvalue weighted by Crippen LogP contribution is -2.38. The quantitative estimate of drug-likeness (QED) is 0.542. The number of alkyl halides is 6. The zero-order valence-corrected chi connectivity index (χ0v) is 19.1. The Kier molecular flexibility index (Phi) is 9.93. The molecule has 1 saturated carbocycles. The van der Waals surface area contributed by atoms with Gasteiger partial charge in [0.1, 0.15) is 5.76 Å². The van der Waals surface area contributed by atoms with Crippen molar-refractivity contribution in [3.63, 3.8) is 0 Å². The molecule has 2 aromatic heterocycles. The van der Waals surface area contributed by atoms with Gasteiger partial charge in [0.2, 0.25) is 0 Å². The lowest BCUT2D eigenvalue weighted by molar-refractivity contribution is -0.193. The normalized spacial score (nSPS) is 17.8. The number of carbonyl (C=O) groups is 2. The van der Waals surface area contributed by atoms with Gasteiger partial charge >= 0.3 is 24.3 Å². The molecule has 0 saturated heterocycles. The maximum Gasteiger partial charge on any atom is 0.490 e. The lowest BCUT2D eigenvalue weighted by Gasteiger charge is -2.35. The fourth-order valence-corrected chi connectivity index (χ4v) is 3.43. The number of hydrogen-bond donors (Lipinski definition) is 2. The van der Waals surface area contributed by atoms with Crippen LogP contribution in [-0.4, -0.2) is 69.4 Å². The van der Waals surface area contributed by atoms with Gasteiger partial charge in [-0.1, -0.05) is 0 Å². The third-order valence-electron chi connectivity index (χ3n) is 5.26. The summed E-state index contributed by atoms with van der Waals surface area (Å²) >= 11 is 0. The van der Waals surface area contributed by atoms with Gasteiger partial charge in [0.05, 0.1) is 37.3 Å². The number of carboxylic acids is 2. The molecule has 1 aliphatic carbocycles. The molecule has 9 nitrogen and oxygen atoms in total. The molecule has 202 valence electrons. The zero-order valence-electron chi connectivity index (χ0n) is 19.1. The van der Waals surface area contributed by atoms with Gasteiger partial charge in [-0.3, -0.25) is 9.58 Å². The van der Waals surface area contributed by atoms with Gasteiger partial charge in [0.25, 0.3) is 0 Å². The highest BCUT2D eigenvalue weighted by Gasteiger charge is 2.39. The number of nitrogens with zero attached hydrogens (tertiary/aromatic N) is 3. The van der Waals surface area contributed by atoms with Gasteiger partial charge in [-0.05, 0) is 42.9 Å².